The number of benzene rings is 3. The lowest BCUT2D eigenvalue weighted by Crippen LogP contribution is -2.18. The molecule has 1 N–H and O–H groups in total. The summed E-state index contributed by atoms with van der Waals surface area (Å²) >= 11 is 5.95. The van der Waals surface area contributed by atoms with Crippen LogP contribution in [0.2, 0.25) is 5.02 Å². The molecule has 0 bridgehead atoms. The van der Waals surface area contributed by atoms with E-state index in [0.29, 0.717) is 13.2 Å². The number of para-hydroxylation sites is 1. The Hall–Kier alpha value is -2.49. The van der Waals surface area contributed by atoms with E-state index in [2.05, 4.69) is 42.6 Å². The van der Waals surface area contributed by atoms with Gasteiger partial charge in [0.05, 0.1) is 7.11 Å². The van der Waals surface area contributed by atoms with Gasteiger partial charge >= 0.3 is 0 Å². The first kappa shape index (κ1) is 19.3. The summed E-state index contributed by atoms with van der Waals surface area (Å²) in [7, 11) is 1.66. The Balaban J connectivity index is 1.71. The van der Waals surface area contributed by atoms with Crippen LogP contribution < -0.4 is 14.8 Å². The van der Waals surface area contributed by atoms with Crippen molar-refractivity contribution in [1.29, 1.82) is 0 Å². The molecule has 3 aromatic rings. The van der Waals surface area contributed by atoms with Gasteiger partial charge in [0, 0.05) is 23.2 Å². The van der Waals surface area contributed by atoms with Gasteiger partial charge in [0.15, 0.2) is 11.5 Å². The predicted molar refractivity (Wildman–Crippen MR) is 110 cm³/mol. The highest BCUT2D eigenvalue weighted by molar-refractivity contribution is 6.30. The first-order chi connectivity index (χ1) is 13.2. The molecule has 0 aromatic heterocycles. The summed E-state index contributed by atoms with van der Waals surface area (Å²) in [5.74, 6) is 1.50. The Morgan fingerprint density at radius 2 is 1.67 bits per heavy atom. The molecule has 140 valence electrons. The number of rotatable bonds is 8. The molecule has 27 heavy (non-hydrogen) atoms. The predicted octanol–water partition coefficient (Wildman–Crippen LogP) is 5.78. The molecule has 0 unspecified atom stereocenters. The van der Waals surface area contributed by atoms with Crippen molar-refractivity contribution in [3.05, 3.63) is 94.5 Å². The van der Waals surface area contributed by atoms with E-state index >= 15 is 0 Å². The minimum atomic E-state index is 0.238. The Morgan fingerprint density at radius 1 is 0.926 bits per heavy atom. The first-order valence-electron chi connectivity index (χ1n) is 8.99. The van der Waals surface area contributed by atoms with E-state index < -0.39 is 0 Å². The molecule has 0 radical (unpaired) electrons. The summed E-state index contributed by atoms with van der Waals surface area (Å²) in [6, 6.07) is 24.3. The van der Waals surface area contributed by atoms with Crippen LogP contribution in [0.1, 0.15) is 29.7 Å². The van der Waals surface area contributed by atoms with Crippen LogP contribution in [0.5, 0.6) is 11.5 Å². The smallest absolute Gasteiger partial charge is 0.166 e. The molecule has 0 saturated heterocycles. The molecule has 0 aliphatic carbocycles. The van der Waals surface area contributed by atoms with E-state index in [-0.39, 0.29) is 6.04 Å². The standard InChI is InChI=1S/C23H24ClNO2/c1-17(19-7-4-3-5-8-19)25-15-20-9-6-10-22(26-2)23(20)27-16-18-11-13-21(24)14-12-18/h3-14,17,25H,15-16H2,1-2H3/t17-/m0/s1. The normalized spacial score (nSPS) is 11.8. The Bertz CT molecular complexity index is 850. The highest BCUT2D eigenvalue weighted by Gasteiger charge is 2.12. The Kier molecular flexibility index (Phi) is 6.74. The quantitative estimate of drug-likeness (QED) is 0.536. The summed E-state index contributed by atoms with van der Waals surface area (Å²) in [6.45, 7) is 3.30. The van der Waals surface area contributed by atoms with Crippen molar-refractivity contribution in [3.63, 3.8) is 0 Å². The molecule has 3 aromatic carbocycles. The SMILES string of the molecule is COc1cccc(CN[C@@H](C)c2ccccc2)c1OCc1ccc(Cl)cc1. The maximum Gasteiger partial charge on any atom is 0.166 e. The molecule has 1 atom stereocenters. The van der Waals surface area contributed by atoms with Crippen LogP contribution >= 0.6 is 11.6 Å². The zero-order chi connectivity index (χ0) is 19.1. The molecule has 0 spiro atoms. The number of hydrogen-bond donors (Lipinski definition) is 1. The van der Waals surface area contributed by atoms with E-state index in [1.54, 1.807) is 7.11 Å². The van der Waals surface area contributed by atoms with Crippen LogP contribution in [-0.4, -0.2) is 7.11 Å². The van der Waals surface area contributed by atoms with Gasteiger partial charge in [-0.15, -0.1) is 0 Å². The van der Waals surface area contributed by atoms with Gasteiger partial charge in [-0.05, 0) is 36.2 Å². The summed E-state index contributed by atoms with van der Waals surface area (Å²) in [5, 5.41) is 4.28. The third kappa shape index (κ3) is 5.25. The highest BCUT2D eigenvalue weighted by atomic mass is 35.5. The second kappa shape index (κ2) is 9.45. The largest absolute Gasteiger partial charge is 0.493 e. The van der Waals surface area contributed by atoms with Gasteiger partial charge in [-0.25, -0.2) is 0 Å². The molecular weight excluding hydrogens is 358 g/mol. The van der Waals surface area contributed by atoms with Crippen LogP contribution in [-0.2, 0) is 13.2 Å². The topological polar surface area (TPSA) is 30.5 Å². The minimum absolute atomic E-state index is 0.238. The highest BCUT2D eigenvalue weighted by Crippen LogP contribution is 2.32. The van der Waals surface area contributed by atoms with Crippen LogP contribution in [0.4, 0.5) is 0 Å². The van der Waals surface area contributed by atoms with Crippen molar-refractivity contribution in [1.82, 2.24) is 5.32 Å². The van der Waals surface area contributed by atoms with Gasteiger partial charge < -0.3 is 14.8 Å². The monoisotopic (exact) mass is 381 g/mol. The van der Waals surface area contributed by atoms with Crippen LogP contribution in [0.3, 0.4) is 0 Å². The van der Waals surface area contributed by atoms with Crippen molar-refractivity contribution in [2.45, 2.75) is 26.1 Å². The summed E-state index contributed by atoms with van der Waals surface area (Å²) < 4.78 is 11.6. The van der Waals surface area contributed by atoms with Crippen molar-refractivity contribution >= 4 is 11.6 Å². The average Bonchev–Trinajstić information content (AvgIpc) is 2.72. The summed E-state index contributed by atoms with van der Waals surface area (Å²) in [6.07, 6.45) is 0. The molecule has 0 amide bonds. The number of methoxy groups -OCH3 is 1. The van der Waals surface area contributed by atoms with Gasteiger partial charge in [0.25, 0.3) is 0 Å². The van der Waals surface area contributed by atoms with Crippen molar-refractivity contribution in [3.8, 4) is 11.5 Å². The molecule has 0 heterocycles. The Labute approximate surface area is 165 Å². The number of halogens is 1. The molecule has 4 heteroatoms. The number of hydrogen-bond acceptors (Lipinski definition) is 3. The fourth-order valence-corrected chi connectivity index (χ4v) is 3.01. The van der Waals surface area contributed by atoms with E-state index in [0.717, 1.165) is 27.6 Å². The fourth-order valence-electron chi connectivity index (χ4n) is 2.88. The first-order valence-corrected chi connectivity index (χ1v) is 9.36. The van der Waals surface area contributed by atoms with Crippen LogP contribution in [0, 0.1) is 0 Å². The lowest BCUT2D eigenvalue weighted by Gasteiger charge is -2.18. The second-order valence-corrected chi connectivity index (χ2v) is 6.81. The van der Waals surface area contributed by atoms with E-state index in [4.69, 9.17) is 21.1 Å². The molecule has 3 nitrogen and oxygen atoms in total. The van der Waals surface area contributed by atoms with Gasteiger partial charge in [-0.3, -0.25) is 0 Å². The van der Waals surface area contributed by atoms with Gasteiger partial charge in [-0.1, -0.05) is 66.2 Å². The molecule has 0 fully saturated rings. The maximum atomic E-state index is 6.12. The number of nitrogens with one attached hydrogen (secondary N) is 1. The average molecular weight is 382 g/mol. The molecule has 3 rings (SSSR count). The summed E-state index contributed by atoms with van der Waals surface area (Å²) in [4.78, 5) is 0. The van der Waals surface area contributed by atoms with E-state index in [9.17, 15) is 0 Å². The minimum Gasteiger partial charge on any atom is -0.493 e. The molecule has 0 saturated carbocycles. The number of ether oxygens (including phenoxy) is 2. The fraction of sp³-hybridized carbons (Fsp3) is 0.217. The molecular formula is C23H24ClNO2. The van der Waals surface area contributed by atoms with Crippen LogP contribution in [0.25, 0.3) is 0 Å². The van der Waals surface area contributed by atoms with Crippen molar-refractivity contribution < 1.29 is 9.47 Å². The molecule has 0 aliphatic rings. The third-order valence-corrected chi connectivity index (χ3v) is 4.73. The third-order valence-electron chi connectivity index (χ3n) is 4.48. The van der Waals surface area contributed by atoms with Crippen molar-refractivity contribution in [2.24, 2.45) is 0 Å². The Morgan fingerprint density at radius 3 is 2.37 bits per heavy atom. The zero-order valence-electron chi connectivity index (χ0n) is 15.6. The van der Waals surface area contributed by atoms with Crippen molar-refractivity contribution in [2.75, 3.05) is 7.11 Å². The molecule has 0 aliphatic heterocycles. The van der Waals surface area contributed by atoms with Gasteiger partial charge in [0.1, 0.15) is 6.61 Å². The lowest BCUT2D eigenvalue weighted by atomic mass is 10.1. The zero-order valence-corrected chi connectivity index (χ0v) is 16.4. The van der Waals surface area contributed by atoms with E-state index in [1.807, 2.05) is 42.5 Å². The maximum absolute atomic E-state index is 6.12. The van der Waals surface area contributed by atoms with Gasteiger partial charge in [-0.2, -0.15) is 0 Å². The van der Waals surface area contributed by atoms with Crippen LogP contribution in [0.15, 0.2) is 72.8 Å². The second-order valence-electron chi connectivity index (χ2n) is 6.38. The van der Waals surface area contributed by atoms with E-state index in [1.165, 1.54) is 5.56 Å². The lowest BCUT2D eigenvalue weighted by molar-refractivity contribution is 0.280. The van der Waals surface area contributed by atoms with Gasteiger partial charge in [0.2, 0.25) is 0 Å². The summed E-state index contributed by atoms with van der Waals surface area (Å²) in [5.41, 5.74) is 3.37.